The van der Waals surface area contributed by atoms with Crippen LogP contribution in [-0.4, -0.2) is 21.9 Å². The van der Waals surface area contributed by atoms with Crippen LogP contribution in [0, 0.1) is 0 Å². The van der Waals surface area contributed by atoms with Crippen LogP contribution >= 0.6 is 39.3 Å². The zero-order valence-electron chi connectivity index (χ0n) is 10.1. The lowest BCUT2D eigenvalue weighted by Crippen LogP contribution is -2.14. The van der Waals surface area contributed by atoms with E-state index in [1.54, 1.807) is 18.2 Å². The Bertz CT molecular complexity index is 622. The van der Waals surface area contributed by atoms with Crippen molar-refractivity contribution in [2.75, 3.05) is 11.1 Å². The second-order valence-electron chi connectivity index (χ2n) is 3.63. The first kappa shape index (κ1) is 15.3. The standard InChI is InChI=1S/C11H10BrClN4O2S/c12-6-1-2-8(7(13)3-6)15-9(18)5-20-11-17-16-10(4-14)19-11/h1-3H,4-5,14H2,(H,15,18). The number of hydrogen-bond donors (Lipinski definition) is 2. The zero-order chi connectivity index (χ0) is 14.5. The number of hydrogen-bond acceptors (Lipinski definition) is 6. The maximum atomic E-state index is 11.8. The lowest BCUT2D eigenvalue weighted by molar-refractivity contribution is -0.113. The van der Waals surface area contributed by atoms with Crippen molar-refractivity contribution < 1.29 is 9.21 Å². The molecule has 0 aliphatic heterocycles. The van der Waals surface area contributed by atoms with E-state index in [1.807, 2.05) is 0 Å². The summed E-state index contributed by atoms with van der Waals surface area (Å²) in [5, 5.41) is 10.9. The molecule has 0 aliphatic carbocycles. The predicted octanol–water partition coefficient (Wildman–Crippen LogP) is 2.67. The van der Waals surface area contributed by atoms with E-state index in [0.717, 1.165) is 16.2 Å². The van der Waals surface area contributed by atoms with Gasteiger partial charge in [-0.1, -0.05) is 39.3 Å². The molecule has 2 aromatic rings. The average Bonchev–Trinajstić information content (AvgIpc) is 2.88. The Morgan fingerprint density at radius 2 is 2.30 bits per heavy atom. The van der Waals surface area contributed by atoms with Crippen molar-refractivity contribution in [1.82, 2.24) is 10.2 Å². The van der Waals surface area contributed by atoms with E-state index < -0.39 is 0 Å². The van der Waals surface area contributed by atoms with Crippen molar-refractivity contribution in [1.29, 1.82) is 0 Å². The Morgan fingerprint density at radius 3 is 2.95 bits per heavy atom. The van der Waals surface area contributed by atoms with Gasteiger partial charge in [0.25, 0.3) is 5.22 Å². The van der Waals surface area contributed by atoms with Crippen molar-refractivity contribution in [3.63, 3.8) is 0 Å². The first-order valence-corrected chi connectivity index (χ1v) is 7.64. The first-order chi connectivity index (χ1) is 9.58. The molecule has 1 aromatic carbocycles. The monoisotopic (exact) mass is 376 g/mol. The Kier molecular flexibility index (Phi) is 5.41. The van der Waals surface area contributed by atoms with E-state index in [9.17, 15) is 4.79 Å². The number of thioether (sulfide) groups is 1. The number of aromatic nitrogens is 2. The third kappa shape index (κ3) is 4.20. The third-order valence-corrected chi connectivity index (χ3v) is 3.78. The summed E-state index contributed by atoms with van der Waals surface area (Å²) >= 11 is 10.4. The summed E-state index contributed by atoms with van der Waals surface area (Å²) in [6.45, 7) is 0.175. The molecule has 0 bridgehead atoms. The predicted molar refractivity (Wildman–Crippen MR) is 80.7 cm³/mol. The van der Waals surface area contributed by atoms with Gasteiger partial charge in [-0.15, -0.1) is 10.2 Å². The van der Waals surface area contributed by atoms with Crippen LogP contribution in [-0.2, 0) is 11.3 Å². The van der Waals surface area contributed by atoms with Crippen LogP contribution in [0.3, 0.4) is 0 Å². The van der Waals surface area contributed by atoms with Crippen molar-refractivity contribution >= 4 is 50.9 Å². The molecular formula is C11H10BrClN4O2S. The Hall–Kier alpha value is -1.09. The molecule has 0 saturated heterocycles. The van der Waals surface area contributed by atoms with Gasteiger partial charge in [-0.3, -0.25) is 4.79 Å². The fourth-order valence-electron chi connectivity index (χ4n) is 1.28. The molecule has 0 unspecified atom stereocenters. The van der Waals surface area contributed by atoms with Gasteiger partial charge < -0.3 is 15.5 Å². The summed E-state index contributed by atoms with van der Waals surface area (Å²) in [6, 6.07) is 5.21. The van der Waals surface area contributed by atoms with Gasteiger partial charge in [-0.2, -0.15) is 0 Å². The first-order valence-electron chi connectivity index (χ1n) is 5.48. The van der Waals surface area contributed by atoms with Gasteiger partial charge in [-0.25, -0.2) is 0 Å². The fourth-order valence-corrected chi connectivity index (χ4v) is 2.58. The minimum Gasteiger partial charge on any atom is -0.415 e. The van der Waals surface area contributed by atoms with Crippen molar-refractivity contribution in [3.8, 4) is 0 Å². The molecular weight excluding hydrogens is 368 g/mol. The third-order valence-electron chi connectivity index (χ3n) is 2.15. The number of benzene rings is 1. The largest absolute Gasteiger partial charge is 0.415 e. The lowest BCUT2D eigenvalue weighted by Gasteiger charge is -2.06. The molecule has 6 nitrogen and oxygen atoms in total. The summed E-state index contributed by atoms with van der Waals surface area (Å²) in [5.74, 6) is 0.258. The maximum absolute atomic E-state index is 11.8. The minimum atomic E-state index is -0.216. The second kappa shape index (κ2) is 7.07. The number of rotatable bonds is 5. The summed E-state index contributed by atoms with van der Waals surface area (Å²) in [4.78, 5) is 11.8. The number of nitrogens with two attached hydrogens (primary N) is 1. The van der Waals surface area contributed by atoms with Crippen LogP contribution in [0.15, 0.2) is 32.3 Å². The highest BCUT2D eigenvalue weighted by Crippen LogP contribution is 2.26. The number of carbonyl (C=O) groups is 1. The molecule has 0 atom stereocenters. The normalized spacial score (nSPS) is 10.6. The van der Waals surface area contributed by atoms with Gasteiger partial charge in [0.15, 0.2) is 0 Å². The van der Waals surface area contributed by atoms with E-state index >= 15 is 0 Å². The Balaban J connectivity index is 1.89. The molecule has 0 radical (unpaired) electrons. The zero-order valence-corrected chi connectivity index (χ0v) is 13.3. The quantitative estimate of drug-likeness (QED) is 0.778. The van der Waals surface area contributed by atoms with Gasteiger partial charge in [-0.05, 0) is 18.2 Å². The average molecular weight is 378 g/mol. The molecule has 3 N–H and O–H groups in total. The number of nitrogens with one attached hydrogen (secondary N) is 1. The number of carbonyl (C=O) groups excluding carboxylic acids is 1. The minimum absolute atomic E-state index is 0.137. The highest BCUT2D eigenvalue weighted by Gasteiger charge is 2.10. The molecule has 0 fully saturated rings. The molecule has 0 saturated carbocycles. The van der Waals surface area contributed by atoms with Gasteiger partial charge in [0.05, 0.1) is 23.0 Å². The molecule has 106 valence electrons. The lowest BCUT2D eigenvalue weighted by atomic mass is 10.3. The Morgan fingerprint density at radius 1 is 1.50 bits per heavy atom. The van der Waals surface area contributed by atoms with Crippen molar-refractivity contribution in [2.45, 2.75) is 11.8 Å². The van der Waals surface area contributed by atoms with Gasteiger partial charge in [0, 0.05) is 4.47 Å². The van der Waals surface area contributed by atoms with E-state index in [4.69, 9.17) is 21.8 Å². The summed E-state index contributed by atoms with van der Waals surface area (Å²) in [7, 11) is 0. The van der Waals surface area contributed by atoms with Gasteiger partial charge >= 0.3 is 0 Å². The van der Waals surface area contributed by atoms with Crippen LogP contribution in [0.5, 0.6) is 0 Å². The number of halogens is 2. The fraction of sp³-hybridized carbons (Fsp3) is 0.182. The van der Waals surface area contributed by atoms with Gasteiger partial charge in [0.1, 0.15) is 0 Å². The van der Waals surface area contributed by atoms with Crippen molar-refractivity contribution in [3.05, 3.63) is 33.6 Å². The summed E-state index contributed by atoms with van der Waals surface area (Å²) in [6.07, 6.45) is 0. The van der Waals surface area contributed by atoms with E-state index in [2.05, 4.69) is 31.4 Å². The summed E-state index contributed by atoms with van der Waals surface area (Å²) < 4.78 is 6.02. The van der Waals surface area contributed by atoms with E-state index in [-0.39, 0.29) is 18.2 Å². The SMILES string of the molecule is NCc1nnc(SCC(=O)Nc2ccc(Br)cc2Cl)o1. The number of anilines is 1. The molecule has 1 heterocycles. The summed E-state index contributed by atoms with van der Waals surface area (Å²) in [5.41, 5.74) is 5.90. The smallest absolute Gasteiger partial charge is 0.277 e. The molecule has 9 heteroatoms. The molecule has 1 amide bonds. The van der Waals surface area contributed by atoms with Crippen LogP contribution in [0.2, 0.25) is 5.02 Å². The maximum Gasteiger partial charge on any atom is 0.277 e. The van der Waals surface area contributed by atoms with Crippen LogP contribution in [0.25, 0.3) is 0 Å². The van der Waals surface area contributed by atoms with E-state index in [0.29, 0.717) is 21.8 Å². The van der Waals surface area contributed by atoms with Gasteiger partial charge in [0.2, 0.25) is 11.8 Å². The Labute approximate surface area is 132 Å². The molecule has 0 aliphatic rings. The molecule has 1 aromatic heterocycles. The molecule has 0 spiro atoms. The second-order valence-corrected chi connectivity index (χ2v) is 5.88. The van der Waals surface area contributed by atoms with Crippen molar-refractivity contribution in [2.24, 2.45) is 5.73 Å². The van der Waals surface area contributed by atoms with Crippen LogP contribution < -0.4 is 11.1 Å². The van der Waals surface area contributed by atoms with E-state index in [1.165, 1.54) is 0 Å². The number of nitrogens with zero attached hydrogens (tertiary/aromatic N) is 2. The molecule has 20 heavy (non-hydrogen) atoms. The van der Waals surface area contributed by atoms with Crippen LogP contribution in [0.4, 0.5) is 5.69 Å². The highest BCUT2D eigenvalue weighted by atomic mass is 79.9. The topological polar surface area (TPSA) is 94.0 Å². The van der Waals surface area contributed by atoms with Crippen LogP contribution in [0.1, 0.15) is 5.89 Å². The highest BCUT2D eigenvalue weighted by molar-refractivity contribution is 9.10. The number of amides is 1. The molecule has 2 rings (SSSR count).